The maximum atomic E-state index is 13.6. The van der Waals surface area contributed by atoms with Crippen LogP contribution in [0.25, 0.3) is 17.2 Å². The minimum Gasteiger partial charge on any atom is -0.450 e. The molecule has 0 radical (unpaired) electrons. The van der Waals surface area contributed by atoms with Crippen molar-refractivity contribution < 1.29 is 18.7 Å². The first-order chi connectivity index (χ1) is 17.0. The van der Waals surface area contributed by atoms with E-state index in [4.69, 9.17) is 4.74 Å². The Kier molecular flexibility index (Phi) is 6.84. The summed E-state index contributed by atoms with van der Waals surface area (Å²) in [6.45, 7) is 2.17. The number of pyridine rings is 1. The molecule has 0 bridgehead atoms. The van der Waals surface area contributed by atoms with Crippen LogP contribution in [0, 0.1) is 29.5 Å². The highest BCUT2D eigenvalue weighted by molar-refractivity contribution is 5.79. The molecule has 3 aliphatic rings. The number of aromatic nitrogens is 1. The number of carbonyl (C=O) groups is 2. The number of rotatable bonds is 5. The van der Waals surface area contributed by atoms with Gasteiger partial charge in [0.05, 0.1) is 12.3 Å². The Hall–Kier alpha value is -3.22. The minimum atomic E-state index is -0.344. The number of fused-ring (bicyclic) bond motifs is 2. The molecule has 1 aromatic carbocycles. The van der Waals surface area contributed by atoms with E-state index in [2.05, 4.69) is 27.8 Å². The molecule has 6 nitrogen and oxygen atoms in total. The number of ether oxygens (including phenoxy) is 1. The summed E-state index contributed by atoms with van der Waals surface area (Å²) in [4.78, 5) is 28.8. The molecule has 35 heavy (non-hydrogen) atoms. The van der Waals surface area contributed by atoms with Gasteiger partial charge in [-0.2, -0.15) is 0 Å². The molecule has 0 spiro atoms. The molecule has 1 aliphatic heterocycles. The Morgan fingerprint density at radius 1 is 1.20 bits per heavy atom. The maximum Gasteiger partial charge on any atom is 0.407 e. The fourth-order valence-corrected chi connectivity index (χ4v) is 6.38. The third-order valence-corrected chi connectivity index (χ3v) is 7.90. The molecule has 1 saturated heterocycles. The lowest BCUT2D eigenvalue weighted by molar-refractivity contribution is -0.119. The highest BCUT2D eigenvalue weighted by Crippen LogP contribution is 2.49. The molecular formula is C28H32FN3O3. The van der Waals surface area contributed by atoms with Crippen LogP contribution in [0.5, 0.6) is 0 Å². The summed E-state index contributed by atoms with van der Waals surface area (Å²) in [5, 5.41) is 6.21. The van der Waals surface area contributed by atoms with Crippen molar-refractivity contribution in [1.29, 1.82) is 0 Å². The second kappa shape index (κ2) is 10.2. The van der Waals surface area contributed by atoms with Gasteiger partial charge in [0, 0.05) is 30.3 Å². The summed E-state index contributed by atoms with van der Waals surface area (Å²) >= 11 is 0. The third-order valence-electron chi connectivity index (χ3n) is 7.90. The number of allylic oxidation sites excluding steroid dienone is 1. The van der Waals surface area contributed by atoms with Crippen LogP contribution in [0.15, 0.2) is 48.7 Å². The Morgan fingerprint density at radius 2 is 2.09 bits per heavy atom. The van der Waals surface area contributed by atoms with Crippen LogP contribution in [-0.4, -0.2) is 35.7 Å². The zero-order valence-electron chi connectivity index (χ0n) is 20.0. The maximum absolute atomic E-state index is 13.6. The van der Waals surface area contributed by atoms with Gasteiger partial charge in [-0.3, -0.25) is 9.78 Å². The van der Waals surface area contributed by atoms with Gasteiger partial charge in [-0.15, -0.1) is 0 Å². The van der Waals surface area contributed by atoms with Gasteiger partial charge in [0.2, 0.25) is 5.91 Å². The molecule has 2 aliphatic carbocycles. The predicted octanol–water partition coefficient (Wildman–Crippen LogP) is 4.96. The SMILES string of the molecule is CCOC(=O)N[C@@H]1CC[C@@H]2[C@@H](C1)C[C@H]1NC(=O)C[C@H]1[C@H]2C=Cc1ccc(-c2cccc(F)c2)cn1. The minimum absolute atomic E-state index is 0.116. The van der Waals surface area contributed by atoms with E-state index in [1.807, 2.05) is 18.2 Å². The molecule has 2 saturated carbocycles. The molecular weight excluding hydrogens is 445 g/mol. The highest BCUT2D eigenvalue weighted by Gasteiger charge is 2.49. The molecule has 0 unspecified atom stereocenters. The van der Waals surface area contributed by atoms with Crippen LogP contribution in [0.1, 0.15) is 44.7 Å². The number of alkyl carbamates (subject to hydrolysis) is 1. The number of nitrogens with zero attached hydrogens (tertiary/aromatic N) is 1. The van der Waals surface area contributed by atoms with Gasteiger partial charge < -0.3 is 15.4 Å². The van der Waals surface area contributed by atoms with Gasteiger partial charge >= 0.3 is 6.09 Å². The molecule has 2 heterocycles. The molecule has 2 N–H and O–H groups in total. The number of carbonyl (C=O) groups excluding carboxylic acids is 2. The number of amides is 2. The largest absolute Gasteiger partial charge is 0.450 e. The van der Waals surface area contributed by atoms with E-state index >= 15 is 0 Å². The fourth-order valence-electron chi connectivity index (χ4n) is 6.38. The Bertz CT molecular complexity index is 1100. The first-order valence-electron chi connectivity index (χ1n) is 12.6. The van der Waals surface area contributed by atoms with E-state index in [1.54, 1.807) is 19.2 Å². The fraction of sp³-hybridized carbons (Fsp3) is 0.464. The van der Waals surface area contributed by atoms with E-state index in [0.29, 0.717) is 30.8 Å². The van der Waals surface area contributed by atoms with Crippen LogP contribution in [0.3, 0.4) is 0 Å². The summed E-state index contributed by atoms with van der Waals surface area (Å²) in [7, 11) is 0. The second-order valence-corrected chi connectivity index (χ2v) is 9.99. The van der Waals surface area contributed by atoms with E-state index < -0.39 is 0 Å². The Labute approximate surface area is 205 Å². The average Bonchev–Trinajstić information content (AvgIpc) is 3.22. The number of hydrogen-bond donors (Lipinski definition) is 2. The van der Waals surface area contributed by atoms with Crippen LogP contribution < -0.4 is 10.6 Å². The van der Waals surface area contributed by atoms with Crippen LogP contribution in [0.4, 0.5) is 9.18 Å². The van der Waals surface area contributed by atoms with E-state index in [0.717, 1.165) is 42.5 Å². The summed E-state index contributed by atoms with van der Waals surface area (Å²) in [5.41, 5.74) is 2.52. The van der Waals surface area contributed by atoms with E-state index in [-0.39, 0.29) is 35.8 Å². The van der Waals surface area contributed by atoms with Crippen LogP contribution >= 0.6 is 0 Å². The quantitative estimate of drug-likeness (QED) is 0.638. The van der Waals surface area contributed by atoms with Crippen molar-refractivity contribution in [2.24, 2.45) is 23.7 Å². The smallest absolute Gasteiger partial charge is 0.407 e. The van der Waals surface area contributed by atoms with Gasteiger partial charge in [0.1, 0.15) is 5.82 Å². The van der Waals surface area contributed by atoms with Crippen molar-refractivity contribution in [3.8, 4) is 11.1 Å². The van der Waals surface area contributed by atoms with Gasteiger partial charge in [-0.05, 0) is 86.1 Å². The molecule has 1 aromatic heterocycles. The average molecular weight is 478 g/mol. The van der Waals surface area contributed by atoms with Gasteiger partial charge in [-0.1, -0.05) is 24.3 Å². The normalized spacial score (nSPS) is 29.8. The Morgan fingerprint density at radius 3 is 2.86 bits per heavy atom. The third kappa shape index (κ3) is 5.24. The monoisotopic (exact) mass is 477 g/mol. The van der Waals surface area contributed by atoms with E-state index in [9.17, 15) is 14.0 Å². The lowest BCUT2D eigenvalue weighted by Crippen LogP contribution is -2.49. The number of nitrogens with one attached hydrogen (secondary N) is 2. The van der Waals surface area contributed by atoms with Gasteiger partial charge in [0.25, 0.3) is 0 Å². The molecule has 5 rings (SSSR count). The molecule has 7 heteroatoms. The van der Waals surface area contributed by atoms with Crippen molar-refractivity contribution >= 4 is 18.1 Å². The zero-order valence-corrected chi connectivity index (χ0v) is 20.0. The van der Waals surface area contributed by atoms with Crippen molar-refractivity contribution in [3.05, 3.63) is 60.2 Å². The second-order valence-electron chi connectivity index (χ2n) is 9.99. The standard InChI is InChI=1S/C28H32FN3O3/c1-2-35-28(34)31-22-9-10-23-19(13-22)14-26-25(15-27(33)32-26)24(23)11-8-21-7-6-18(16-30-21)17-4-3-5-20(29)12-17/h3-8,11-12,16,19,22-26H,2,9-10,13-15H2,1H3,(H,31,34)(H,32,33)/t19-,22+,23+,24-,25-,26+/m0/s1. The molecule has 2 aromatic rings. The van der Waals surface area contributed by atoms with Crippen LogP contribution in [0.2, 0.25) is 0 Å². The van der Waals surface area contributed by atoms with E-state index in [1.165, 1.54) is 12.1 Å². The van der Waals surface area contributed by atoms with Crippen molar-refractivity contribution in [2.45, 2.75) is 51.1 Å². The zero-order chi connectivity index (χ0) is 24.4. The molecule has 3 fully saturated rings. The van der Waals surface area contributed by atoms with Crippen LogP contribution in [-0.2, 0) is 9.53 Å². The first-order valence-corrected chi connectivity index (χ1v) is 12.6. The Balaban J connectivity index is 1.31. The number of benzene rings is 1. The predicted molar refractivity (Wildman–Crippen MR) is 132 cm³/mol. The molecule has 6 atom stereocenters. The van der Waals surface area contributed by atoms with Crippen molar-refractivity contribution in [2.75, 3.05) is 6.61 Å². The number of halogens is 1. The highest BCUT2D eigenvalue weighted by atomic mass is 19.1. The number of hydrogen-bond acceptors (Lipinski definition) is 4. The molecule has 184 valence electrons. The lowest BCUT2D eigenvalue weighted by atomic mass is 9.59. The van der Waals surface area contributed by atoms with Gasteiger partial charge in [-0.25, -0.2) is 9.18 Å². The topological polar surface area (TPSA) is 80.3 Å². The summed E-state index contributed by atoms with van der Waals surface area (Å²) < 4.78 is 18.6. The lowest BCUT2D eigenvalue weighted by Gasteiger charge is -2.47. The van der Waals surface area contributed by atoms with Gasteiger partial charge in [0.15, 0.2) is 0 Å². The molecule has 2 amide bonds. The summed E-state index contributed by atoms with van der Waals surface area (Å²) in [5.74, 6) is 1.36. The van der Waals surface area contributed by atoms with Crippen molar-refractivity contribution in [3.63, 3.8) is 0 Å². The first kappa shape index (κ1) is 23.5. The van der Waals surface area contributed by atoms with Crippen molar-refractivity contribution in [1.82, 2.24) is 15.6 Å². The summed E-state index contributed by atoms with van der Waals surface area (Å²) in [6, 6.07) is 10.7. The summed E-state index contributed by atoms with van der Waals surface area (Å²) in [6.07, 6.45) is 10.1.